The van der Waals surface area contributed by atoms with Crippen LogP contribution in [0.25, 0.3) is 27.8 Å². The van der Waals surface area contributed by atoms with E-state index in [1.807, 2.05) is 26.5 Å². The van der Waals surface area contributed by atoms with Crippen molar-refractivity contribution in [3.63, 3.8) is 0 Å². The number of nitrogens with zero attached hydrogens (tertiary/aromatic N) is 4. The Labute approximate surface area is 201 Å². The van der Waals surface area contributed by atoms with Crippen LogP contribution in [0, 0.1) is 6.92 Å². The minimum absolute atomic E-state index is 0.186. The Balaban J connectivity index is 1.45. The van der Waals surface area contributed by atoms with Crippen molar-refractivity contribution < 1.29 is 4.79 Å². The topological polar surface area (TPSA) is 56.6 Å². The van der Waals surface area contributed by atoms with Gasteiger partial charge in [0, 0.05) is 49.2 Å². The zero-order valence-electron chi connectivity index (χ0n) is 20.9. The molecule has 0 aliphatic carbocycles. The highest BCUT2D eigenvalue weighted by molar-refractivity contribution is 5.92. The molecule has 0 radical (unpaired) electrons. The maximum Gasteiger partial charge on any atom is 0.236 e. The van der Waals surface area contributed by atoms with Crippen molar-refractivity contribution in [2.45, 2.75) is 45.4 Å². The molecular weight excluding hydrogens is 422 g/mol. The Morgan fingerprint density at radius 2 is 1.97 bits per heavy atom. The van der Waals surface area contributed by atoms with Crippen molar-refractivity contribution in [2.24, 2.45) is 0 Å². The molecule has 6 heteroatoms. The Kier molecular flexibility index (Phi) is 5.94. The summed E-state index contributed by atoms with van der Waals surface area (Å²) in [6, 6.07) is 9.20. The number of H-pyrrole nitrogens is 1. The predicted molar refractivity (Wildman–Crippen MR) is 138 cm³/mol. The lowest BCUT2D eigenvalue weighted by molar-refractivity contribution is -0.130. The van der Waals surface area contributed by atoms with Crippen molar-refractivity contribution >= 4 is 22.5 Å². The number of aromatic nitrogens is 3. The smallest absolute Gasteiger partial charge is 0.236 e. The Morgan fingerprint density at radius 3 is 2.68 bits per heavy atom. The molecule has 178 valence electrons. The molecule has 0 spiro atoms. The Morgan fingerprint density at radius 1 is 1.21 bits per heavy atom. The van der Waals surface area contributed by atoms with E-state index in [1.165, 1.54) is 38.9 Å². The van der Waals surface area contributed by atoms with Crippen LogP contribution in [-0.4, -0.2) is 63.8 Å². The lowest BCUT2D eigenvalue weighted by Gasteiger charge is -2.32. The van der Waals surface area contributed by atoms with Gasteiger partial charge in [-0.25, -0.2) is 4.98 Å². The number of piperidine rings is 1. The van der Waals surface area contributed by atoms with Gasteiger partial charge in [-0.15, -0.1) is 0 Å². The number of aromatic amines is 1. The molecule has 1 aliphatic heterocycles. The van der Waals surface area contributed by atoms with Crippen LogP contribution in [0.2, 0.25) is 0 Å². The first kappa shape index (κ1) is 22.7. The van der Waals surface area contributed by atoms with Crippen LogP contribution in [0.4, 0.5) is 0 Å². The maximum atomic E-state index is 12.1. The van der Waals surface area contributed by atoms with Gasteiger partial charge >= 0.3 is 0 Å². The fourth-order valence-corrected chi connectivity index (χ4v) is 5.41. The SMILES string of the molecule is Cc1cc(-c2[nH]c3ccc(C4CCN(CC(=O)N(C)C)CC4)cc3c2C(C)C)cn2ccnc12. The zero-order valence-corrected chi connectivity index (χ0v) is 20.9. The van der Waals surface area contributed by atoms with Gasteiger partial charge in [-0.1, -0.05) is 19.9 Å². The third-order valence-electron chi connectivity index (χ3n) is 7.32. The van der Waals surface area contributed by atoms with E-state index < -0.39 is 0 Å². The molecule has 0 saturated carbocycles. The summed E-state index contributed by atoms with van der Waals surface area (Å²) in [6.07, 6.45) is 8.24. The number of carbonyl (C=O) groups is 1. The molecule has 34 heavy (non-hydrogen) atoms. The van der Waals surface area contributed by atoms with Crippen LogP contribution in [0.5, 0.6) is 0 Å². The van der Waals surface area contributed by atoms with Crippen LogP contribution in [0.3, 0.4) is 0 Å². The summed E-state index contributed by atoms with van der Waals surface area (Å²) in [5.41, 5.74) is 8.58. The lowest BCUT2D eigenvalue weighted by Crippen LogP contribution is -2.40. The van der Waals surface area contributed by atoms with Gasteiger partial charge in [0.05, 0.1) is 12.2 Å². The van der Waals surface area contributed by atoms with Crippen LogP contribution >= 0.6 is 0 Å². The number of nitrogens with one attached hydrogen (secondary N) is 1. The van der Waals surface area contributed by atoms with Crippen molar-refractivity contribution in [1.82, 2.24) is 24.2 Å². The molecule has 1 saturated heterocycles. The number of benzene rings is 1. The summed E-state index contributed by atoms with van der Waals surface area (Å²) in [7, 11) is 3.66. The molecule has 1 N–H and O–H groups in total. The summed E-state index contributed by atoms with van der Waals surface area (Å²) < 4.78 is 2.11. The number of amides is 1. The van der Waals surface area contributed by atoms with E-state index in [-0.39, 0.29) is 5.91 Å². The highest BCUT2D eigenvalue weighted by Crippen LogP contribution is 2.38. The molecule has 5 rings (SSSR count). The van der Waals surface area contributed by atoms with E-state index >= 15 is 0 Å². The predicted octanol–water partition coefficient (Wildman–Crippen LogP) is 5.18. The summed E-state index contributed by atoms with van der Waals surface area (Å²) in [5.74, 6) is 1.13. The summed E-state index contributed by atoms with van der Waals surface area (Å²) in [5, 5.41) is 1.33. The third-order valence-corrected chi connectivity index (χ3v) is 7.32. The highest BCUT2D eigenvalue weighted by atomic mass is 16.2. The van der Waals surface area contributed by atoms with Crippen molar-refractivity contribution in [3.05, 3.63) is 59.5 Å². The van der Waals surface area contributed by atoms with Crippen LogP contribution in [-0.2, 0) is 4.79 Å². The molecule has 0 atom stereocenters. The van der Waals surface area contributed by atoms with Gasteiger partial charge in [-0.3, -0.25) is 9.69 Å². The minimum Gasteiger partial charge on any atom is -0.354 e. The van der Waals surface area contributed by atoms with Crippen molar-refractivity contribution in [1.29, 1.82) is 0 Å². The monoisotopic (exact) mass is 457 g/mol. The molecule has 4 heterocycles. The number of hydrogen-bond acceptors (Lipinski definition) is 3. The van der Waals surface area contributed by atoms with E-state index in [9.17, 15) is 4.79 Å². The molecule has 1 aromatic carbocycles. The van der Waals surface area contributed by atoms with Gasteiger partial charge in [0.25, 0.3) is 0 Å². The molecule has 3 aromatic heterocycles. The average molecular weight is 458 g/mol. The molecule has 1 amide bonds. The largest absolute Gasteiger partial charge is 0.354 e. The van der Waals surface area contributed by atoms with E-state index in [2.05, 4.69) is 70.5 Å². The molecule has 6 nitrogen and oxygen atoms in total. The Bertz CT molecular complexity index is 1340. The molecule has 4 aromatic rings. The number of aryl methyl sites for hydroxylation is 1. The summed E-state index contributed by atoms with van der Waals surface area (Å²) in [6.45, 7) is 9.16. The summed E-state index contributed by atoms with van der Waals surface area (Å²) in [4.78, 5) is 24.3. The fraction of sp³-hybridized carbons (Fsp3) is 0.429. The molecule has 1 fully saturated rings. The van der Waals surface area contributed by atoms with E-state index in [1.54, 1.807) is 4.90 Å². The second-order valence-electron chi connectivity index (χ2n) is 10.3. The highest BCUT2D eigenvalue weighted by Gasteiger charge is 2.24. The first-order chi connectivity index (χ1) is 16.3. The van der Waals surface area contributed by atoms with E-state index in [4.69, 9.17) is 0 Å². The Hall–Kier alpha value is -3.12. The average Bonchev–Trinajstić information content (AvgIpc) is 3.44. The number of pyridine rings is 1. The molecule has 1 aliphatic rings. The van der Waals surface area contributed by atoms with Crippen LogP contribution in [0.15, 0.2) is 42.9 Å². The number of likely N-dealkylation sites (tertiary alicyclic amines) is 1. The lowest BCUT2D eigenvalue weighted by atomic mass is 9.87. The van der Waals surface area contributed by atoms with Gasteiger partial charge in [-0.05, 0) is 79.6 Å². The number of rotatable bonds is 5. The number of carbonyl (C=O) groups excluding carboxylic acids is 1. The number of likely N-dealkylation sites (N-methyl/N-ethyl adjacent to an activating group) is 1. The van der Waals surface area contributed by atoms with E-state index in [0.29, 0.717) is 18.4 Å². The normalized spacial score (nSPS) is 15.6. The quantitative estimate of drug-likeness (QED) is 0.449. The van der Waals surface area contributed by atoms with Crippen LogP contribution in [0.1, 0.15) is 55.2 Å². The van der Waals surface area contributed by atoms with Crippen molar-refractivity contribution in [3.8, 4) is 11.3 Å². The first-order valence-corrected chi connectivity index (χ1v) is 12.3. The van der Waals surface area contributed by atoms with Gasteiger partial charge in [0.2, 0.25) is 5.91 Å². The number of fused-ring (bicyclic) bond motifs is 2. The first-order valence-electron chi connectivity index (χ1n) is 12.3. The van der Waals surface area contributed by atoms with Crippen molar-refractivity contribution in [2.75, 3.05) is 33.7 Å². The second-order valence-corrected chi connectivity index (χ2v) is 10.3. The standard InChI is InChI=1S/C28H35N5O/c1-18(2)26-23-15-21(20-8-11-32(12-9-20)17-25(34)31(4)5)6-7-24(23)30-27(26)22-14-19(3)28-29-10-13-33(28)16-22/h6-7,10,13-16,18,20,30H,8-9,11-12,17H2,1-5H3. The number of imidazole rings is 1. The summed E-state index contributed by atoms with van der Waals surface area (Å²) >= 11 is 0. The molecule has 0 unspecified atom stereocenters. The van der Waals surface area contributed by atoms with Gasteiger partial charge in [0.15, 0.2) is 0 Å². The van der Waals surface area contributed by atoms with Gasteiger partial charge in [0.1, 0.15) is 5.65 Å². The molecule has 0 bridgehead atoms. The van der Waals surface area contributed by atoms with Gasteiger partial charge in [-0.2, -0.15) is 0 Å². The maximum absolute atomic E-state index is 12.1. The van der Waals surface area contributed by atoms with Crippen LogP contribution < -0.4 is 0 Å². The molecular formula is C28H35N5O. The second kappa shape index (κ2) is 8.91. The fourth-order valence-electron chi connectivity index (χ4n) is 5.41. The van der Waals surface area contributed by atoms with E-state index in [0.717, 1.165) is 31.6 Å². The third kappa shape index (κ3) is 4.11. The zero-order chi connectivity index (χ0) is 24.0. The number of hydrogen-bond donors (Lipinski definition) is 1. The minimum atomic E-state index is 0.186. The van der Waals surface area contributed by atoms with Gasteiger partial charge < -0.3 is 14.3 Å².